The lowest BCUT2D eigenvalue weighted by atomic mass is 10.1. The van der Waals surface area contributed by atoms with Crippen molar-refractivity contribution in [3.8, 4) is 11.3 Å². The minimum absolute atomic E-state index is 0.0415. The summed E-state index contributed by atoms with van der Waals surface area (Å²) in [6, 6.07) is 15.1. The van der Waals surface area contributed by atoms with E-state index in [1.807, 2.05) is 0 Å². The molecule has 3 heterocycles. The van der Waals surface area contributed by atoms with Crippen molar-refractivity contribution in [2.24, 2.45) is 0 Å². The van der Waals surface area contributed by atoms with Crippen LogP contribution >= 0.6 is 0 Å². The van der Waals surface area contributed by atoms with E-state index in [1.54, 1.807) is 73.3 Å². The number of H-pyrrole nitrogens is 1. The van der Waals surface area contributed by atoms with Crippen LogP contribution in [0.25, 0.3) is 11.3 Å². The Morgan fingerprint density at radius 3 is 2.19 bits per heavy atom. The molecule has 3 N–H and O–H groups in total. The lowest BCUT2D eigenvalue weighted by Gasteiger charge is -2.08. The molecule has 9 heteroatoms. The van der Waals surface area contributed by atoms with Gasteiger partial charge in [0, 0.05) is 48.1 Å². The van der Waals surface area contributed by atoms with Gasteiger partial charge in [0.15, 0.2) is 0 Å². The summed E-state index contributed by atoms with van der Waals surface area (Å²) >= 11 is 0. The molecule has 0 fully saturated rings. The monoisotopic (exact) mass is 426 g/mol. The predicted molar refractivity (Wildman–Crippen MR) is 118 cm³/mol. The van der Waals surface area contributed by atoms with E-state index in [4.69, 9.17) is 0 Å². The zero-order chi connectivity index (χ0) is 22.3. The standard InChI is InChI=1S/C23H18N6O3/c30-21(27-18-7-11-25-12-8-18)17-3-1-15(2-4-17)14-26-22(31)19-13-20(28-29-23(19)32)16-5-9-24-10-6-16/h1-13H,14H2,(H,26,31)(H,29,32)(H,25,27,30). The van der Waals surface area contributed by atoms with Crippen molar-refractivity contribution in [3.05, 3.63) is 106 Å². The van der Waals surface area contributed by atoms with Crippen molar-refractivity contribution in [2.45, 2.75) is 6.54 Å². The number of carbonyl (C=O) groups is 2. The summed E-state index contributed by atoms with van der Waals surface area (Å²) in [7, 11) is 0. The molecule has 158 valence electrons. The highest BCUT2D eigenvalue weighted by Gasteiger charge is 2.13. The van der Waals surface area contributed by atoms with Crippen LogP contribution in [0.3, 0.4) is 0 Å². The van der Waals surface area contributed by atoms with Gasteiger partial charge in [0.25, 0.3) is 17.4 Å². The SMILES string of the molecule is O=C(Nc1ccncc1)c1ccc(CNC(=O)c2cc(-c3ccncc3)n[nH]c2=O)cc1. The third-order valence-electron chi connectivity index (χ3n) is 4.63. The molecule has 0 aliphatic rings. The first-order chi connectivity index (χ1) is 15.6. The summed E-state index contributed by atoms with van der Waals surface area (Å²) in [5.74, 6) is -0.776. The van der Waals surface area contributed by atoms with Crippen LogP contribution in [0.5, 0.6) is 0 Å². The van der Waals surface area contributed by atoms with E-state index < -0.39 is 11.5 Å². The number of nitrogens with zero attached hydrogens (tertiary/aromatic N) is 3. The van der Waals surface area contributed by atoms with Gasteiger partial charge < -0.3 is 10.6 Å². The second kappa shape index (κ2) is 9.43. The van der Waals surface area contributed by atoms with Crippen molar-refractivity contribution < 1.29 is 9.59 Å². The molecular weight excluding hydrogens is 408 g/mol. The van der Waals surface area contributed by atoms with Crippen LogP contribution in [-0.2, 0) is 6.54 Å². The van der Waals surface area contributed by atoms with E-state index in [2.05, 4.69) is 30.8 Å². The van der Waals surface area contributed by atoms with Crippen LogP contribution in [0.1, 0.15) is 26.3 Å². The third kappa shape index (κ3) is 4.90. The van der Waals surface area contributed by atoms with Crippen molar-refractivity contribution in [1.29, 1.82) is 0 Å². The molecule has 32 heavy (non-hydrogen) atoms. The molecule has 1 aromatic carbocycles. The molecule has 2 amide bonds. The van der Waals surface area contributed by atoms with E-state index in [1.165, 1.54) is 6.07 Å². The molecule has 0 atom stereocenters. The molecule has 0 bridgehead atoms. The van der Waals surface area contributed by atoms with Crippen molar-refractivity contribution >= 4 is 17.5 Å². The molecule has 3 aromatic heterocycles. The maximum absolute atomic E-state index is 12.6. The fraction of sp³-hybridized carbons (Fsp3) is 0.0435. The number of benzene rings is 1. The Balaban J connectivity index is 1.40. The average molecular weight is 426 g/mol. The Kier molecular flexibility index (Phi) is 6.08. The first kappa shape index (κ1) is 20.6. The lowest BCUT2D eigenvalue weighted by molar-refractivity contribution is 0.0948. The molecule has 0 saturated carbocycles. The number of rotatable bonds is 6. The second-order valence-electron chi connectivity index (χ2n) is 6.80. The van der Waals surface area contributed by atoms with Crippen LogP contribution in [0.2, 0.25) is 0 Å². The molecule has 0 saturated heterocycles. The van der Waals surface area contributed by atoms with Crippen LogP contribution in [0.4, 0.5) is 5.69 Å². The molecule has 0 radical (unpaired) electrons. The summed E-state index contributed by atoms with van der Waals surface area (Å²) in [5, 5.41) is 11.8. The van der Waals surface area contributed by atoms with Gasteiger partial charge >= 0.3 is 0 Å². The van der Waals surface area contributed by atoms with Gasteiger partial charge in [-0.2, -0.15) is 5.10 Å². The summed E-state index contributed by atoms with van der Waals surface area (Å²) < 4.78 is 0. The highest BCUT2D eigenvalue weighted by Crippen LogP contribution is 2.14. The van der Waals surface area contributed by atoms with Gasteiger partial charge in [-0.1, -0.05) is 12.1 Å². The minimum atomic E-state index is -0.580. The van der Waals surface area contributed by atoms with Crippen LogP contribution in [0.15, 0.2) is 84.2 Å². The number of aromatic amines is 1. The molecule has 0 aliphatic heterocycles. The average Bonchev–Trinajstić information content (AvgIpc) is 2.84. The minimum Gasteiger partial charge on any atom is -0.348 e. The van der Waals surface area contributed by atoms with Crippen molar-refractivity contribution in [2.75, 3.05) is 5.32 Å². The summed E-state index contributed by atoms with van der Waals surface area (Å²) in [5.41, 5.74) is 2.47. The molecule has 0 aliphatic carbocycles. The number of aromatic nitrogens is 4. The van der Waals surface area contributed by atoms with Gasteiger partial charge in [-0.05, 0) is 48.0 Å². The molecule has 4 aromatic rings. The molecule has 0 spiro atoms. The number of anilines is 1. The van der Waals surface area contributed by atoms with Crippen molar-refractivity contribution in [3.63, 3.8) is 0 Å². The second-order valence-corrected chi connectivity index (χ2v) is 6.80. The Labute approximate surface area is 182 Å². The smallest absolute Gasteiger partial charge is 0.277 e. The third-order valence-corrected chi connectivity index (χ3v) is 4.63. The highest BCUT2D eigenvalue weighted by molar-refractivity contribution is 6.04. The topological polar surface area (TPSA) is 130 Å². The van der Waals surface area contributed by atoms with Gasteiger partial charge in [0.2, 0.25) is 0 Å². The Bertz CT molecular complexity index is 1290. The molecular formula is C23H18N6O3. The number of pyridine rings is 2. The number of nitrogens with one attached hydrogen (secondary N) is 3. The fourth-order valence-electron chi connectivity index (χ4n) is 2.94. The van der Waals surface area contributed by atoms with Crippen LogP contribution < -0.4 is 16.2 Å². The fourth-order valence-corrected chi connectivity index (χ4v) is 2.94. The normalized spacial score (nSPS) is 10.4. The lowest BCUT2D eigenvalue weighted by Crippen LogP contribution is -2.29. The first-order valence-electron chi connectivity index (χ1n) is 9.69. The summed E-state index contributed by atoms with van der Waals surface area (Å²) in [6.07, 6.45) is 6.39. The zero-order valence-electron chi connectivity index (χ0n) is 16.8. The van der Waals surface area contributed by atoms with E-state index in [-0.39, 0.29) is 18.0 Å². The maximum Gasteiger partial charge on any atom is 0.277 e. The number of hydrogen-bond donors (Lipinski definition) is 3. The quantitative estimate of drug-likeness (QED) is 0.434. The van der Waals surface area contributed by atoms with Gasteiger partial charge in [-0.3, -0.25) is 24.4 Å². The maximum atomic E-state index is 12.6. The molecule has 0 unspecified atom stereocenters. The number of carbonyl (C=O) groups excluding carboxylic acids is 2. The number of amides is 2. The van der Waals surface area contributed by atoms with Crippen LogP contribution in [-0.4, -0.2) is 32.0 Å². The summed E-state index contributed by atoms with van der Waals surface area (Å²) in [6.45, 7) is 0.192. The van der Waals surface area contributed by atoms with E-state index >= 15 is 0 Å². The van der Waals surface area contributed by atoms with E-state index in [0.29, 0.717) is 16.9 Å². The molecule has 4 rings (SSSR count). The Morgan fingerprint density at radius 1 is 0.844 bits per heavy atom. The van der Waals surface area contributed by atoms with Crippen molar-refractivity contribution in [1.82, 2.24) is 25.5 Å². The van der Waals surface area contributed by atoms with Gasteiger partial charge in [-0.25, -0.2) is 5.10 Å². The van der Waals surface area contributed by atoms with E-state index in [0.717, 1.165) is 11.1 Å². The number of hydrogen-bond acceptors (Lipinski definition) is 6. The Morgan fingerprint density at radius 2 is 1.50 bits per heavy atom. The predicted octanol–water partition coefficient (Wildman–Crippen LogP) is 2.41. The first-order valence-corrected chi connectivity index (χ1v) is 9.69. The highest BCUT2D eigenvalue weighted by atomic mass is 16.2. The van der Waals surface area contributed by atoms with Gasteiger partial charge in [0.1, 0.15) is 5.56 Å². The molecule has 9 nitrogen and oxygen atoms in total. The zero-order valence-corrected chi connectivity index (χ0v) is 16.8. The van der Waals surface area contributed by atoms with Gasteiger partial charge in [0.05, 0.1) is 5.69 Å². The van der Waals surface area contributed by atoms with Gasteiger partial charge in [-0.15, -0.1) is 0 Å². The largest absolute Gasteiger partial charge is 0.348 e. The Hall–Kier alpha value is -4.66. The van der Waals surface area contributed by atoms with Crippen LogP contribution in [0, 0.1) is 0 Å². The van der Waals surface area contributed by atoms with E-state index in [9.17, 15) is 14.4 Å². The summed E-state index contributed by atoms with van der Waals surface area (Å²) in [4.78, 5) is 44.8.